The second-order valence-corrected chi connectivity index (χ2v) is 4.24. The van der Waals surface area contributed by atoms with Crippen LogP contribution in [-0.2, 0) is 0 Å². The minimum absolute atomic E-state index is 0.0000269. The fourth-order valence-electron chi connectivity index (χ4n) is 1.92. The van der Waals surface area contributed by atoms with Crippen LogP contribution in [0.5, 0.6) is 0 Å². The van der Waals surface area contributed by atoms with E-state index in [1.165, 1.54) is 0 Å². The van der Waals surface area contributed by atoms with Crippen molar-refractivity contribution < 1.29 is 35.8 Å². The Labute approximate surface area is 92.6 Å². The summed E-state index contributed by atoms with van der Waals surface area (Å²) in [5.41, 5.74) is -3.29. The molecule has 1 aliphatic rings. The maximum atomic E-state index is 13.2. The molecule has 0 spiro atoms. The van der Waals surface area contributed by atoms with Crippen molar-refractivity contribution in [1.82, 2.24) is 0 Å². The molecule has 102 valence electrons. The molecule has 0 heterocycles. The van der Waals surface area contributed by atoms with Gasteiger partial charge in [0.05, 0.1) is 0 Å². The quantitative estimate of drug-likeness (QED) is 0.760. The number of aliphatic hydroxyl groups is 1. The van der Waals surface area contributed by atoms with E-state index in [1.54, 1.807) is 0 Å². The van der Waals surface area contributed by atoms with Crippen molar-refractivity contribution in [3.8, 4) is 0 Å². The molecule has 0 radical (unpaired) electrons. The summed E-state index contributed by atoms with van der Waals surface area (Å²) in [6.07, 6.45) is -7.48. The van der Waals surface area contributed by atoms with Gasteiger partial charge in [-0.3, -0.25) is 0 Å². The zero-order valence-electron chi connectivity index (χ0n) is 8.63. The highest BCUT2D eigenvalue weighted by Gasteiger charge is 2.79. The molecule has 1 N–H and O–H groups in total. The van der Waals surface area contributed by atoms with E-state index >= 15 is 0 Å². The summed E-state index contributed by atoms with van der Waals surface area (Å²) in [5, 5.41) is 9.37. The fourth-order valence-corrected chi connectivity index (χ4v) is 1.92. The molecule has 0 aromatic heterocycles. The van der Waals surface area contributed by atoms with Crippen LogP contribution in [0.2, 0.25) is 0 Å². The molecule has 17 heavy (non-hydrogen) atoms. The van der Waals surface area contributed by atoms with Gasteiger partial charge in [0, 0.05) is 0 Å². The van der Waals surface area contributed by atoms with Crippen molar-refractivity contribution in [3.63, 3.8) is 0 Å². The molecule has 1 fully saturated rings. The lowest BCUT2D eigenvalue weighted by Crippen LogP contribution is -2.64. The molecule has 1 rings (SSSR count). The van der Waals surface area contributed by atoms with E-state index in [4.69, 9.17) is 0 Å². The van der Waals surface area contributed by atoms with Gasteiger partial charge >= 0.3 is 18.0 Å². The molecular weight excluding hydrogens is 257 g/mol. The summed E-state index contributed by atoms with van der Waals surface area (Å²) >= 11 is 0. The topological polar surface area (TPSA) is 20.2 Å². The average molecular weight is 268 g/mol. The van der Waals surface area contributed by atoms with Crippen LogP contribution < -0.4 is 0 Å². The van der Waals surface area contributed by atoms with Crippen LogP contribution in [0.15, 0.2) is 0 Å². The lowest BCUT2D eigenvalue weighted by Gasteiger charge is -2.42. The van der Waals surface area contributed by atoms with Crippen LogP contribution >= 0.6 is 0 Å². The third-order valence-electron chi connectivity index (χ3n) is 3.02. The first-order chi connectivity index (χ1) is 7.46. The lowest BCUT2D eigenvalue weighted by atomic mass is 9.77. The van der Waals surface area contributed by atoms with E-state index < -0.39 is 36.5 Å². The Morgan fingerprint density at radius 1 is 0.765 bits per heavy atom. The van der Waals surface area contributed by atoms with E-state index in [9.17, 15) is 35.8 Å². The summed E-state index contributed by atoms with van der Waals surface area (Å²) in [6, 6.07) is 0. The van der Waals surface area contributed by atoms with Gasteiger partial charge in [0.25, 0.3) is 0 Å². The smallest absolute Gasteiger partial charge is 0.383 e. The average Bonchev–Trinajstić information content (AvgIpc) is 2.16. The molecule has 1 saturated carbocycles. The number of hydrogen-bond donors (Lipinski definition) is 1. The van der Waals surface area contributed by atoms with Crippen molar-refractivity contribution in [2.24, 2.45) is 0 Å². The summed E-state index contributed by atoms with van der Waals surface area (Å²) < 4.78 is 87.6. The predicted molar refractivity (Wildman–Crippen MR) is 44.0 cm³/mol. The first-order valence-corrected chi connectivity index (χ1v) is 5.00. The second-order valence-electron chi connectivity index (χ2n) is 4.24. The van der Waals surface area contributed by atoms with Gasteiger partial charge in [0.15, 0.2) is 0 Å². The maximum Gasteiger partial charge on any atom is 0.459 e. The largest absolute Gasteiger partial charge is 0.459 e. The normalized spacial score (nSPS) is 22.6. The van der Waals surface area contributed by atoms with Gasteiger partial charge in [-0.2, -0.15) is 30.7 Å². The highest BCUT2D eigenvalue weighted by Crippen LogP contribution is 2.54. The van der Waals surface area contributed by atoms with Crippen LogP contribution in [0, 0.1) is 0 Å². The van der Waals surface area contributed by atoms with Gasteiger partial charge in [-0.25, -0.2) is 0 Å². The molecular formula is C9H11F7O. The minimum atomic E-state index is -6.39. The molecule has 0 aromatic rings. The Kier molecular flexibility index (Phi) is 3.42. The van der Waals surface area contributed by atoms with E-state index in [1.807, 2.05) is 0 Å². The Balaban J connectivity index is 3.08. The number of rotatable bonds is 2. The van der Waals surface area contributed by atoms with Crippen molar-refractivity contribution in [2.75, 3.05) is 0 Å². The summed E-state index contributed by atoms with van der Waals surface area (Å²) in [7, 11) is 0. The molecule has 0 atom stereocenters. The zero-order chi connectivity index (χ0) is 13.5. The lowest BCUT2D eigenvalue weighted by molar-refractivity contribution is -0.390. The van der Waals surface area contributed by atoms with Gasteiger partial charge in [0.2, 0.25) is 0 Å². The monoisotopic (exact) mass is 268 g/mol. The first-order valence-electron chi connectivity index (χ1n) is 5.00. The van der Waals surface area contributed by atoms with Crippen LogP contribution in [0.25, 0.3) is 0 Å². The molecule has 0 amide bonds. The van der Waals surface area contributed by atoms with Crippen molar-refractivity contribution in [2.45, 2.75) is 55.7 Å². The Bertz CT molecular complexity index is 278. The maximum absolute atomic E-state index is 13.2. The van der Waals surface area contributed by atoms with Crippen molar-refractivity contribution >= 4 is 0 Å². The summed E-state index contributed by atoms with van der Waals surface area (Å²) in [6.45, 7) is 0. The SMILES string of the molecule is OC1(C(F)(F)C(F)(F)C(F)(F)F)CCCCC1. The van der Waals surface area contributed by atoms with Gasteiger partial charge in [-0.15, -0.1) is 0 Å². The number of hydrogen-bond acceptors (Lipinski definition) is 1. The molecule has 1 nitrogen and oxygen atoms in total. The highest BCUT2D eigenvalue weighted by atomic mass is 19.4. The van der Waals surface area contributed by atoms with Crippen LogP contribution in [0.3, 0.4) is 0 Å². The molecule has 0 aliphatic heterocycles. The Morgan fingerprint density at radius 3 is 1.53 bits per heavy atom. The van der Waals surface area contributed by atoms with Gasteiger partial charge in [-0.1, -0.05) is 19.3 Å². The third-order valence-corrected chi connectivity index (χ3v) is 3.02. The zero-order valence-corrected chi connectivity index (χ0v) is 8.63. The van der Waals surface area contributed by atoms with E-state index in [-0.39, 0.29) is 12.8 Å². The predicted octanol–water partition coefficient (Wildman–Crippen LogP) is 3.51. The van der Waals surface area contributed by atoms with Crippen LogP contribution in [-0.4, -0.2) is 28.7 Å². The Morgan fingerprint density at radius 2 is 1.18 bits per heavy atom. The number of alkyl halides is 7. The summed E-state index contributed by atoms with van der Waals surface area (Å²) in [5.74, 6) is -11.7. The standard InChI is InChI=1S/C9H11F7O/c10-7(11,8(12,13)9(14,15)16)6(17)4-2-1-3-5-6/h17H,1-5H2. The fraction of sp³-hybridized carbons (Fsp3) is 1.00. The first kappa shape index (κ1) is 14.5. The van der Waals surface area contributed by atoms with Gasteiger partial charge < -0.3 is 5.11 Å². The van der Waals surface area contributed by atoms with E-state index in [0.717, 1.165) is 0 Å². The molecule has 8 heteroatoms. The van der Waals surface area contributed by atoms with E-state index in [2.05, 4.69) is 0 Å². The third kappa shape index (κ3) is 2.11. The van der Waals surface area contributed by atoms with Gasteiger partial charge in [0.1, 0.15) is 5.60 Å². The Hall–Kier alpha value is -0.530. The van der Waals surface area contributed by atoms with Gasteiger partial charge in [-0.05, 0) is 12.8 Å². The molecule has 0 bridgehead atoms. The highest BCUT2D eigenvalue weighted by molar-refractivity contribution is 5.05. The molecule has 1 aliphatic carbocycles. The van der Waals surface area contributed by atoms with Crippen molar-refractivity contribution in [1.29, 1.82) is 0 Å². The number of halogens is 7. The van der Waals surface area contributed by atoms with E-state index in [0.29, 0.717) is 6.42 Å². The van der Waals surface area contributed by atoms with Crippen LogP contribution in [0.4, 0.5) is 30.7 Å². The summed E-state index contributed by atoms with van der Waals surface area (Å²) in [4.78, 5) is 0. The van der Waals surface area contributed by atoms with Crippen molar-refractivity contribution in [3.05, 3.63) is 0 Å². The second kappa shape index (κ2) is 4.00. The molecule has 0 saturated heterocycles. The van der Waals surface area contributed by atoms with Crippen LogP contribution in [0.1, 0.15) is 32.1 Å². The molecule has 0 unspecified atom stereocenters. The molecule has 0 aromatic carbocycles. The minimum Gasteiger partial charge on any atom is -0.383 e.